The van der Waals surface area contributed by atoms with E-state index in [1.165, 1.54) is 6.92 Å². The fraction of sp³-hybridized carbons (Fsp3) is 1.00. The van der Waals surface area contributed by atoms with E-state index in [0.717, 1.165) is 6.26 Å². The second-order valence-corrected chi connectivity index (χ2v) is 7.63. The number of hydrogen-bond donors (Lipinski definition) is 0. The van der Waals surface area contributed by atoms with Gasteiger partial charge in [-0.3, -0.25) is 0 Å². The van der Waals surface area contributed by atoms with Gasteiger partial charge in [0.15, 0.2) is 9.84 Å². The van der Waals surface area contributed by atoms with E-state index in [-0.39, 0.29) is 0 Å². The van der Waals surface area contributed by atoms with Gasteiger partial charge in [0.25, 0.3) is 0 Å². The number of sulfone groups is 1. The van der Waals surface area contributed by atoms with Crippen LogP contribution in [-0.2, 0) is 18.9 Å². The van der Waals surface area contributed by atoms with Gasteiger partial charge >= 0.3 is 0 Å². The Balaban J connectivity index is 4.47. The monoisotopic (exact) mass is 220 g/mol. The summed E-state index contributed by atoms with van der Waals surface area (Å²) in [4.78, 5) is 0. The van der Waals surface area contributed by atoms with Crippen molar-refractivity contribution in [2.24, 2.45) is 0 Å². The Labute approximate surface area is 70.9 Å². The van der Waals surface area contributed by atoms with Crippen LogP contribution in [0.3, 0.4) is 0 Å². The normalized spacial score (nSPS) is 16.3. The molecule has 0 bridgehead atoms. The van der Waals surface area contributed by atoms with Crippen molar-refractivity contribution in [1.82, 2.24) is 0 Å². The SMILES string of the molecule is CC(CS(=O)(=O)Cl)S(C)(=O)=O. The number of rotatable bonds is 3. The molecule has 0 aromatic carbocycles. The molecule has 1 atom stereocenters. The minimum Gasteiger partial charge on any atom is -0.229 e. The molecule has 11 heavy (non-hydrogen) atoms. The lowest BCUT2D eigenvalue weighted by molar-refractivity contribution is 0.586. The van der Waals surface area contributed by atoms with Crippen LogP contribution in [0.1, 0.15) is 6.92 Å². The Hall–Kier alpha value is 0.190. The molecule has 0 aliphatic rings. The van der Waals surface area contributed by atoms with Gasteiger partial charge in [0, 0.05) is 16.9 Å². The summed E-state index contributed by atoms with van der Waals surface area (Å²) in [5, 5.41) is -0.940. The van der Waals surface area contributed by atoms with Crippen LogP contribution in [0.25, 0.3) is 0 Å². The molecule has 0 aliphatic carbocycles. The Bertz CT molecular complexity index is 314. The van der Waals surface area contributed by atoms with Gasteiger partial charge in [-0.05, 0) is 6.92 Å². The maximum atomic E-state index is 10.7. The molecule has 0 radical (unpaired) electrons. The summed E-state index contributed by atoms with van der Waals surface area (Å²) in [5.41, 5.74) is 0. The smallest absolute Gasteiger partial charge is 0.229 e. The van der Waals surface area contributed by atoms with E-state index in [0.29, 0.717) is 0 Å². The maximum absolute atomic E-state index is 10.7. The molecule has 0 aliphatic heterocycles. The lowest BCUT2D eigenvalue weighted by Crippen LogP contribution is -2.23. The van der Waals surface area contributed by atoms with Crippen LogP contribution in [0.5, 0.6) is 0 Å². The van der Waals surface area contributed by atoms with Crippen LogP contribution in [0.15, 0.2) is 0 Å². The molecule has 0 aromatic rings. The fourth-order valence-electron chi connectivity index (χ4n) is 0.404. The molecular formula is C4H9ClO4S2. The van der Waals surface area contributed by atoms with Gasteiger partial charge in [0.05, 0.1) is 11.0 Å². The van der Waals surface area contributed by atoms with E-state index >= 15 is 0 Å². The predicted molar refractivity (Wildman–Crippen MR) is 43.9 cm³/mol. The summed E-state index contributed by atoms with van der Waals surface area (Å²) in [6.45, 7) is 1.30. The topological polar surface area (TPSA) is 68.3 Å². The molecule has 0 fully saturated rings. The van der Waals surface area contributed by atoms with Crippen LogP contribution in [0.2, 0.25) is 0 Å². The van der Waals surface area contributed by atoms with Crippen LogP contribution in [0, 0.1) is 0 Å². The second-order valence-electron chi connectivity index (χ2n) is 2.35. The van der Waals surface area contributed by atoms with E-state index in [4.69, 9.17) is 10.7 Å². The molecule has 0 amide bonds. The summed E-state index contributed by atoms with van der Waals surface area (Å²) in [5.74, 6) is -0.534. The lowest BCUT2D eigenvalue weighted by Gasteiger charge is -2.04. The van der Waals surface area contributed by atoms with Gasteiger partial charge in [0.2, 0.25) is 9.05 Å². The van der Waals surface area contributed by atoms with Crippen molar-refractivity contribution < 1.29 is 16.8 Å². The minimum atomic E-state index is -3.71. The van der Waals surface area contributed by atoms with Crippen LogP contribution >= 0.6 is 10.7 Å². The highest BCUT2D eigenvalue weighted by Crippen LogP contribution is 2.05. The predicted octanol–water partition coefficient (Wildman–Crippen LogP) is -0.0119. The van der Waals surface area contributed by atoms with Gasteiger partial charge in [-0.15, -0.1) is 0 Å². The molecule has 0 N–H and O–H groups in total. The molecule has 1 unspecified atom stereocenters. The van der Waals surface area contributed by atoms with Crippen molar-refractivity contribution in [2.45, 2.75) is 12.2 Å². The highest BCUT2D eigenvalue weighted by atomic mass is 35.7. The zero-order chi connectivity index (χ0) is 9.28. The van der Waals surface area contributed by atoms with Crippen molar-refractivity contribution >= 4 is 29.6 Å². The van der Waals surface area contributed by atoms with Gasteiger partial charge < -0.3 is 0 Å². The van der Waals surface area contributed by atoms with Gasteiger partial charge in [-0.25, -0.2) is 16.8 Å². The van der Waals surface area contributed by atoms with E-state index in [1.54, 1.807) is 0 Å². The Kier molecular flexibility index (Phi) is 3.34. The third-order valence-electron chi connectivity index (χ3n) is 1.16. The van der Waals surface area contributed by atoms with Crippen molar-refractivity contribution in [3.05, 3.63) is 0 Å². The first-order chi connectivity index (χ1) is 4.63. The van der Waals surface area contributed by atoms with Crippen LogP contribution in [-0.4, -0.2) is 34.1 Å². The zero-order valence-electron chi connectivity index (χ0n) is 6.11. The third kappa shape index (κ3) is 5.46. The first kappa shape index (κ1) is 11.2. The maximum Gasteiger partial charge on any atom is 0.233 e. The van der Waals surface area contributed by atoms with Crippen LogP contribution in [0.4, 0.5) is 0 Å². The van der Waals surface area contributed by atoms with Crippen molar-refractivity contribution in [2.75, 3.05) is 12.0 Å². The van der Waals surface area contributed by atoms with E-state index in [1.807, 2.05) is 0 Å². The molecule has 0 aromatic heterocycles. The summed E-state index contributed by atoms with van der Waals surface area (Å²) in [7, 11) is -2.17. The minimum absolute atomic E-state index is 0.534. The molecule has 7 heteroatoms. The van der Waals surface area contributed by atoms with E-state index in [2.05, 4.69) is 0 Å². The standard InChI is InChI=1S/C4H9ClO4S2/c1-4(10(2,6)7)3-11(5,8)9/h4H,3H2,1-2H3. The summed E-state index contributed by atoms with van der Waals surface area (Å²) >= 11 is 0. The molecule has 0 rings (SSSR count). The van der Waals surface area contributed by atoms with Crippen molar-refractivity contribution in [3.8, 4) is 0 Å². The zero-order valence-corrected chi connectivity index (χ0v) is 8.50. The first-order valence-electron chi connectivity index (χ1n) is 2.74. The summed E-state index contributed by atoms with van der Waals surface area (Å²) < 4.78 is 42.2. The molecule has 68 valence electrons. The second kappa shape index (κ2) is 3.28. The average Bonchev–Trinajstić information content (AvgIpc) is 1.56. The number of halogens is 1. The molecule has 0 spiro atoms. The van der Waals surface area contributed by atoms with E-state index in [9.17, 15) is 16.8 Å². The van der Waals surface area contributed by atoms with Gasteiger partial charge in [-0.2, -0.15) is 0 Å². The van der Waals surface area contributed by atoms with Gasteiger partial charge in [0.1, 0.15) is 0 Å². The van der Waals surface area contributed by atoms with Crippen molar-refractivity contribution in [1.29, 1.82) is 0 Å². The summed E-state index contributed by atoms with van der Waals surface area (Å²) in [6, 6.07) is 0. The fourth-order valence-corrected chi connectivity index (χ4v) is 3.28. The molecule has 0 heterocycles. The molecule has 4 nitrogen and oxygen atoms in total. The largest absolute Gasteiger partial charge is 0.233 e. The Morgan fingerprint density at radius 1 is 1.27 bits per heavy atom. The lowest BCUT2D eigenvalue weighted by atomic mass is 10.6. The van der Waals surface area contributed by atoms with E-state index < -0.39 is 29.9 Å². The van der Waals surface area contributed by atoms with Crippen molar-refractivity contribution in [3.63, 3.8) is 0 Å². The quantitative estimate of drug-likeness (QED) is 0.628. The Morgan fingerprint density at radius 2 is 1.64 bits per heavy atom. The molecule has 0 saturated heterocycles. The molecule has 0 saturated carbocycles. The third-order valence-corrected chi connectivity index (χ3v) is 4.28. The Morgan fingerprint density at radius 3 is 1.73 bits per heavy atom. The number of hydrogen-bond acceptors (Lipinski definition) is 4. The molecular weight excluding hydrogens is 212 g/mol. The summed E-state index contributed by atoms with van der Waals surface area (Å²) in [6.07, 6.45) is 0.972. The average molecular weight is 221 g/mol. The van der Waals surface area contributed by atoms with Crippen LogP contribution < -0.4 is 0 Å². The van der Waals surface area contributed by atoms with Gasteiger partial charge in [-0.1, -0.05) is 0 Å². The highest BCUT2D eigenvalue weighted by Gasteiger charge is 2.21. The highest BCUT2D eigenvalue weighted by molar-refractivity contribution is 8.14. The first-order valence-corrected chi connectivity index (χ1v) is 7.17.